The summed E-state index contributed by atoms with van der Waals surface area (Å²) in [7, 11) is 0. The number of likely N-dealkylation sites (tertiary alicyclic amines) is 1. The second-order valence-corrected chi connectivity index (χ2v) is 6.14. The quantitative estimate of drug-likeness (QED) is 0.776. The molecule has 1 aromatic rings. The SMILES string of the molecule is CC(C(=O)OCCN1CCCCCC1)c1cccs1. The zero-order valence-corrected chi connectivity index (χ0v) is 12.5. The van der Waals surface area contributed by atoms with E-state index in [1.165, 1.54) is 25.7 Å². The predicted octanol–water partition coefficient (Wildman–Crippen LogP) is 3.27. The molecule has 0 radical (unpaired) electrons. The number of carbonyl (C=O) groups excluding carboxylic acids is 1. The van der Waals surface area contributed by atoms with Crippen molar-refractivity contribution in [1.29, 1.82) is 0 Å². The minimum absolute atomic E-state index is 0.0997. The highest BCUT2D eigenvalue weighted by atomic mass is 32.1. The number of thiophene rings is 1. The molecule has 106 valence electrons. The Morgan fingerprint density at radius 3 is 2.74 bits per heavy atom. The third-order valence-electron chi connectivity index (χ3n) is 3.67. The summed E-state index contributed by atoms with van der Waals surface area (Å²) in [5.41, 5.74) is 0. The van der Waals surface area contributed by atoms with Crippen LogP contribution in [0, 0.1) is 0 Å². The van der Waals surface area contributed by atoms with Gasteiger partial charge in [-0.05, 0) is 44.3 Å². The van der Waals surface area contributed by atoms with Gasteiger partial charge in [-0.15, -0.1) is 11.3 Å². The molecule has 2 heterocycles. The lowest BCUT2D eigenvalue weighted by molar-refractivity contribution is -0.145. The van der Waals surface area contributed by atoms with Crippen LogP contribution < -0.4 is 0 Å². The third kappa shape index (κ3) is 4.62. The van der Waals surface area contributed by atoms with E-state index < -0.39 is 0 Å². The van der Waals surface area contributed by atoms with E-state index in [4.69, 9.17) is 4.74 Å². The molecule has 0 spiro atoms. The van der Waals surface area contributed by atoms with Crippen molar-refractivity contribution in [3.8, 4) is 0 Å². The highest BCUT2D eigenvalue weighted by molar-refractivity contribution is 7.10. The van der Waals surface area contributed by atoms with Crippen molar-refractivity contribution < 1.29 is 9.53 Å². The van der Waals surface area contributed by atoms with Crippen LogP contribution in [0.1, 0.15) is 43.4 Å². The van der Waals surface area contributed by atoms with E-state index in [-0.39, 0.29) is 11.9 Å². The molecule has 3 nitrogen and oxygen atoms in total. The van der Waals surface area contributed by atoms with Gasteiger partial charge in [-0.25, -0.2) is 0 Å². The number of esters is 1. The summed E-state index contributed by atoms with van der Waals surface area (Å²) in [6.45, 7) is 5.62. The molecule has 1 unspecified atom stereocenters. The Labute approximate surface area is 119 Å². The lowest BCUT2D eigenvalue weighted by Crippen LogP contribution is -2.29. The van der Waals surface area contributed by atoms with Crippen molar-refractivity contribution in [2.75, 3.05) is 26.2 Å². The average molecular weight is 281 g/mol. The molecule has 19 heavy (non-hydrogen) atoms. The lowest BCUT2D eigenvalue weighted by Gasteiger charge is -2.19. The van der Waals surface area contributed by atoms with Gasteiger partial charge in [0.2, 0.25) is 0 Å². The summed E-state index contributed by atoms with van der Waals surface area (Å²) < 4.78 is 5.40. The number of carbonyl (C=O) groups is 1. The smallest absolute Gasteiger partial charge is 0.314 e. The van der Waals surface area contributed by atoms with E-state index >= 15 is 0 Å². The minimum Gasteiger partial charge on any atom is -0.464 e. The monoisotopic (exact) mass is 281 g/mol. The molecule has 1 aliphatic heterocycles. The van der Waals surface area contributed by atoms with Crippen LogP contribution in [0.5, 0.6) is 0 Å². The van der Waals surface area contributed by atoms with Crippen LogP contribution in [-0.4, -0.2) is 37.1 Å². The van der Waals surface area contributed by atoms with Crippen molar-refractivity contribution in [3.63, 3.8) is 0 Å². The Bertz CT molecular complexity index is 370. The van der Waals surface area contributed by atoms with Gasteiger partial charge in [0.15, 0.2) is 0 Å². The second-order valence-electron chi connectivity index (χ2n) is 5.16. The number of ether oxygens (including phenoxy) is 1. The summed E-state index contributed by atoms with van der Waals surface area (Å²) in [5, 5.41) is 2.00. The van der Waals surface area contributed by atoms with E-state index in [2.05, 4.69) is 4.90 Å². The van der Waals surface area contributed by atoms with Gasteiger partial charge in [0, 0.05) is 11.4 Å². The lowest BCUT2D eigenvalue weighted by atomic mass is 10.1. The zero-order chi connectivity index (χ0) is 13.5. The third-order valence-corrected chi connectivity index (χ3v) is 4.73. The van der Waals surface area contributed by atoms with E-state index in [1.54, 1.807) is 11.3 Å². The first-order valence-electron chi connectivity index (χ1n) is 7.20. The van der Waals surface area contributed by atoms with Gasteiger partial charge in [-0.2, -0.15) is 0 Å². The van der Waals surface area contributed by atoms with Crippen molar-refractivity contribution in [2.45, 2.75) is 38.5 Å². The van der Waals surface area contributed by atoms with E-state index in [1.807, 2.05) is 24.4 Å². The van der Waals surface area contributed by atoms with Crippen molar-refractivity contribution in [2.24, 2.45) is 0 Å². The van der Waals surface area contributed by atoms with E-state index in [0.717, 1.165) is 24.5 Å². The fourth-order valence-corrected chi connectivity index (χ4v) is 3.19. The fraction of sp³-hybridized carbons (Fsp3) is 0.667. The molecule has 1 aliphatic rings. The van der Waals surface area contributed by atoms with E-state index in [9.17, 15) is 4.79 Å². The molecule has 1 saturated heterocycles. The van der Waals surface area contributed by atoms with Crippen LogP contribution in [0.25, 0.3) is 0 Å². The minimum atomic E-state index is -0.135. The van der Waals surface area contributed by atoms with Crippen LogP contribution in [-0.2, 0) is 9.53 Å². The molecular formula is C15H23NO2S. The predicted molar refractivity (Wildman–Crippen MR) is 78.6 cm³/mol. The molecule has 0 saturated carbocycles. The molecule has 1 aromatic heterocycles. The van der Waals surface area contributed by atoms with Gasteiger partial charge < -0.3 is 4.74 Å². The Balaban J connectivity index is 1.68. The van der Waals surface area contributed by atoms with Gasteiger partial charge in [0.1, 0.15) is 6.61 Å². The summed E-state index contributed by atoms with van der Waals surface area (Å²) in [5.74, 6) is -0.235. The van der Waals surface area contributed by atoms with Crippen LogP contribution in [0.15, 0.2) is 17.5 Å². The molecule has 4 heteroatoms. The Morgan fingerprint density at radius 1 is 1.37 bits per heavy atom. The molecule has 0 bridgehead atoms. The first-order chi connectivity index (χ1) is 9.27. The van der Waals surface area contributed by atoms with Crippen LogP contribution in [0.2, 0.25) is 0 Å². The van der Waals surface area contributed by atoms with Gasteiger partial charge in [-0.3, -0.25) is 9.69 Å². The molecule has 1 atom stereocenters. The van der Waals surface area contributed by atoms with Crippen molar-refractivity contribution in [3.05, 3.63) is 22.4 Å². The topological polar surface area (TPSA) is 29.5 Å². The molecular weight excluding hydrogens is 258 g/mol. The first kappa shape index (κ1) is 14.5. The molecule has 2 rings (SSSR count). The summed E-state index contributed by atoms with van der Waals surface area (Å²) in [4.78, 5) is 15.4. The number of nitrogens with zero attached hydrogens (tertiary/aromatic N) is 1. The average Bonchev–Trinajstić information content (AvgIpc) is 2.83. The Morgan fingerprint density at radius 2 is 2.11 bits per heavy atom. The number of rotatable bonds is 5. The van der Waals surface area contributed by atoms with Crippen LogP contribution in [0.4, 0.5) is 0 Å². The highest BCUT2D eigenvalue weighted by Crippen LogP contribution is 2.21. The first-order valence-corrected chi connectivity index (χ1v) is 8.08. The van der Waals surface area contributed by atoms with Gasteiger partial charge in [0.25, 0.3) is 0 Å². The van der Waals surface area contributed by atoms with Crippen LogP contribution >= 0.6 is 11.3 Å². The van der Waals surface area contributed by atoms with Crippen molar-refractivity contribution in [1.82, 2.24) is 4.90 Å². The summed E-state index contributed by atoms with van der Waals surface area (Å²) in [6, 6.07) is 3.96. The van der Waals surface area contributed by atoms with Gasteiger partial charge in [0.05, 0.1) is 5.92 Å². The van der Waals surface area contributed by atoms with E-state index in [0.29, 0.717) is 6.61 Å². The zero-order valence-electron chi connectivity index (χ0n) is 11.6. The Kier molecular flexibility index (Phi) is 5.86. The van der Waals surface area contributed by atoms with Gasteiger partial charge in [-0.1, -0.05) is 18.9 Å². The maximum Gasteiger partial charge on any atom is 0.314 e. The molecule has 0 N–H and O–H groups in total. The maximum atomic E-state index is 11.9. The fourth-order valence-electron chi connectivity index (χ4n) is 2.41. The number of hydrogen-bond donors (Lipinski definition) is 0. The largest absolute Gasteiger partial charge is 0.464 e. The highest BCUT2D eigenvalue weighted by Gasteiger charge is 2.18. The second kappa shape index (κ2) is 7.65. The molecule has 1 fully saturated rings. The van der Waals surface area contributed by atoms with Crippen molar-refractivity contribution >= 4 is 17.3 Å². The standard InChI is InChI=1S/C15H23NO2S/c1-13(14-7-6-12-19-14)15(17)18-11-10-16-8-4-2-3-5-9-16/h6-7,12-13H,2-5,8-11H2,1H3. The molecule has 0 amide bonds. The summed E-state index contributed by atoms with van der Waals surface area (Å²) >= 11 is 1.61. The molecule has 0 aromatic carbocycles. The summed E-state index contributed by atoms with van der Waals surface area (Å²) in [6.07, 6.45) is 5.23. The number of hydrogen-bond acceptors (Lipinski definition) is 4. The normalized spacial score (nSPS) is 18.8. The maximum absolute atomic E-state index is 11.9. The Hall–Kier alpha value is -0.870. The van der Waals surface area contributed by atoms with Gasteiger partial charge >= 0.3 is 5.97 Å². The van der Waals surface area contributed by atoms with Crippen LogP contribution in [0.3, 0.4) is 0 Å². The molecule has 0 aliphatic carbocycles.